The van der Waals surface area contributed by atoms with E-state index in [4.69, 9.17) is 4.99 Å². The molecule has 2 atom stereocenters. The van der Waals surface area contributed by atoms with Gasteiger partial charge in [-0.1, -0.05) is 25.3 Å². The second kappa shape index (κ2) is 5.79. The molecule has 2 saturated carbocycles. The smallest absolute Gasteiger partial charge is 0.242 e. The minimum atomic E-state index is -0.715. The van der Waals surface area contributed by atoms with E-state index in [9.17, 15) is 14.9 Å². The van der Waals surface area contributed by atoms with E-state index < -0.39 is 12.0 Å². The molecule has 1 aromatic heterocycles. The van der Waals surface area contributed by atoms with Crippen LogP contribution in [0.2, 0.25) is 0 Å². The van der Waals surface area contributed by atoms with Gasteiger partial charge in [0.25, 0.3) is 0 Å². The molecule has 0 aliphatic heterocycles. The third-order valence-electron chi connectivity index (χ3n) is 4.31. The molecular weight excluding hydrogens is 270 g/mol. The Morgan fingerprint density at radius 1 is 1.29 bits per heavy atom. The van der Waals surface area contributed by atoms with Crippen LogP contribution in [0, 0.1) is 16.0 Å². The van der Waals surface area contributed by atoms with Crippen LogP contribution in [0.1, 0.15) is 43.3 Å². The Morgan fingerprint density at radius 2 is 2.05 bits per heavy atom. The summed E-state index contributed by atoms with van der Waals surface area (Å²) in [6.07, 6.45) is 7.75. The predicted molar refractivity (Wildman–Crippen MR) is 76.4 cm³/mol. The Morgan fingerprint density at radius 3 is 2.71 bits per heavy atom. The van der Waals surface area contributed by atoms with Crippen molar-refractivity contribution >= 4 is 5.91 Å². The van der Waals surface area contributed by atoms with Gasteiger partial charge in [0.1, 0.15) is 11.4 Å². The molecule has 1 heterocycles. The fraction of sp³-hybridized carbons (Fsp3) is 0.600. The van der Waals surface area contributed by atoms with Crippen LogP contribution in [0.15, 0.2) is 29.4 Å². The minimum Gasteiger partial charge on any atom is -0.273 e. The molecule has 0 saturated heterocycles. The summed E-state index contributed by atoms with van der Waals surface area (Å²) in [7, 11) is 0. The zero-order valence-electron chi connectivity index (χ0n) is 11.9. The highest BCUT2D eigenvalue weighted by Gasteiger charge is 2.53. The SMILES string of the molecule is O=C([C@H]1C[C@H]1[N+](=O)[O-])n1ccccc1=NC1CCCCC1. The average molecular weight is 289 g/mol. The number of nitro groups is 1. The standard InChI is InChI=1S/C15H19N3O3/c19-15(12-10-13(12)18(20)21)17-9-5-4-8-14(17)16-11-6-2-1-3-7-11/h4-5,8-9,11-13H,1-3,6-7,10H2/t12-,13+/m0/s1. The molecule has 0 N–H and O–H groups in total. The van der Waals surface area contributed by atoms with Crippen LogP contribution in [0.4, 0.5) is 0 Å². The van der Waals surface area contributed by atoms with E-state index in [0.717, 1.165) is 12.8 Å². The number of carbonyl (C=O) groups is 1. The molecule has 0 bridgehead atoms. The van der Waals surface area contributed by atoms with Crippen LogP contribution < -0.4 is 5.49 Å². The molecule has 0 aromatic carbocycles. The Balaban J connectivity index is 1.84. The average Bonchev–Trinajstić information content (AvgIpc) is 3.29. The summed E-state index contributed by atoms with van der Waals surface area (Å²) in [5, 5.41) is 10.7. The zero-order valence-corrected chi connectivity index (χ0v) is 11.9. The summed E-state index contributed by atoms with van der Waals surface area (Å²) in [6, 6.07) is 4.99. The summed E-state index contributed by atoms with van der Waals surface area (Å²) in [6.45, 7) is 0. The van der Waals surface area contributed by atoms with Crippen molar-refractivity contribution in [1.29, 1.82) is 0 Å². The van der Waals surface area contributed by atoms with Crippen molar-refractivity contribution in [3.63, 3.8) is 0 Å². The first kappa shape index (κ1) is 14.0. The summed E-state index contributed by atoms with van der Waals surface area (Å²) >= 11 is 0. The van der Waals surface area contributed by atoms with E-state index in [1.54, 1.807) is 12.3 Å². The van der Waals surface area contributed by atoms with E-state index in [1.807, 2.05) is 12.1 Å². The second-order valence-electron chi connectivity index (χ2n) is 5.88. The lowest BCUT2D eigenvalue weighted by molar-refractivity contribution is -0.497. The lowest BCUT2D eigenvalue weighted by atomic mass is 9.96. The maximum absolute atomic E-state index is 12.4. The molecule has 21 heavy (non-hydrogen) atoms. The van der Waals surface area contributed by atoms with Crippen molar-refractivity contribution in [3.05, 3.63) is 40.0 Å². The Bertz CT molecular complexity index is 617. The molecule has 6 nitrogen and oxygen atoms in total. The fourth-order valence-electron chi connectivity index (χ4n) is 2.98. The number of aromatic nitrogens is 1. The maximum atomic E-state index is 12.4. The molecule has 0 spiro atoms. The molecule has 2 fully saturated rings. The third-order valence-corrected chi connectivity index (χ3v) is 4.31. The van der Waals surface area contributed by atoms with Crippen LogP contribution in [-0.4, -0.2) is 27.5 Å². The van der Waals surface area contributed by atoms with Gasteiger partial charge in [0.15, 0.2) is 0 Å². The maximum Gasteiger partial charge on any atom is 0.242 e. The van der Waals surface area contributed by atoms with Crippen molar-refractivity contribution in [2.24, 2.45) is 10.9 Å². The second-order valence-corrected chi connectivity index (χ2v) is 5.88. The van der Waals surface area contributed by atoms with Crippen molar-refractivity contribution in [2.75, 3.05) is 0 Å². The zero-order chi connectivity index (χ0) is 14.8. The monoisotopic (exact) mass is 289 g/mol. The Kier molecular flexibility index (Phi) is 3.86. The summed E-state index contributed by atoms with van der Waals surface area (Å²) in [5.41, 5.74) is 0.628. The van der Waals surface area contributed by atoms with Gasteiger partial charge in [-0.3, -0.25) is 24.5 Å². The number of hydrogen-bond donors (Lipinski definition) is 0. The fourth-order valence-corrected chi connectivity index (χ4v) is 2.98. The molecule has 0 radical (unpaired) electrons. The van der Waals surface area contributed by atoms with Crippen LogP contribution in [0.3, 0.4) is 0 Å². The van der Waals surface area contributed by atoms with Gasteiger partial charge in [0.2, 0.25) is 11.9 Å². The van der Waals surface area contributed by atoms with E-state index in [1.165, 1.54) is 23.8 Å². The van der Waals surface area contributed by atoms with Crippen molar-refractivity contribution in [3.8, 4) is 0 Å². The van der Waals surface area contributed by atoms with Crippen molar-refractivity contribution < 1.29 is 9.72 Å². The first-order chi connectivity index (χ1) is 10.2. The minimum absolute atomic E-state index is 0.202. The Labute approximate surface area is 122 Å². The summed E-state index contributed by atoms with van der Waals surface area (Å²) in [5.74, 6) is -0.695. The molecule has 2 aliphatic carbocycles. The first-order valence-corrected chi connectivity index (χ1v) is 7.56. The number of hydrogen-bond acceptors (Lipinski definition) is 4. The molecule has 0 unspecified atom stereocenters. The van der Waals surface area contributed by atoms with Crippen molar-refractivity contribution in [1.82, 2.24) is 4.57 Å². The van der Waals surface area contributed by atoms with E-state index in [0.29, 0.717) is 11.9 Å². The van der Waals surface area contributed by atoms with E-state index >= 15 is 0 Å². The quantitative estimate of drug-likeness (QED) is 0.631. The highest BCUT2D eigenvalue weighted by atomic mass is 16.6. The van der Waals surface area contributed by atoms with Crippen LogP contribution in [-0.2, 0) is 0 Å². The summed E-state index contributed by atoms with van der Waals surface area (Å²) < 4.78 is 1.49. The van der Waals surface area contributed by atoms with Crippen LogP contribution in [0.5, 0.6) is 0 Å². The van der Waals surface area contributed by atoms with Gasteiger partial charge in [-0.2, -0.15) is 0 Å². The number of rotatable bonds is 3. The van der Waals surface area contributed by atoms with Gasteiger partial charge < -0.3 is 0 Å². The topological polar surface area (TPSA) is 77.5 Å². The van der Waals surface area contributed by atoms with E-state index in [-0.39, 0.29) is 16.9 Å². The molecule has 6 heteroatoms. The normalized spacial score (nSPS) is 26.6. The van der Waals surface area contributed by atoms with Gasteiger partial charge in [-0.05, 0) is 25.0 Å². The largest absolute Gasteiger partial charge is 0.273 e. The lowest BCUT2D eigenvalue weighted by Crippen LogP contribution is -2.31. The highest BCUT2D eigenvalue weighted by Crippen LogP contribution is 2.34. The first-order valence-electron chi connectivity index (χ1n) is 7.56. The van der Waals surface area contributed by atoms with Crippen molar-refractivity contribution in [2.45, 2.75) is 50.6 Å². The van der Waals surface area contributed by atoms with E-state index in [2.05, 4.69) is 0 Å². The van der Waals surface area contributed by atoms with Gasteiger partial charge >= 0.3 is 0 Å². The molecule has 2 aliphatic rings. The predicted octanol–water partition coefficient (Wildman–Crippen LogP) is 2.03. The molecule has 3 rings (SSSR count). The Hall–Kier alpha value is -1.98. The van der Waals surface area contributed by atoms with Crippen LogP contribution in [0.25, 0.3) is 0 Å². The molecule has 0 amide bonds. The number of nitrogens with zero attached hydrogens (tertiary/aromatic N) is 3. The lowest BCUT2D eigenvalue weighted by Gasteiger charge is -2.17. The van der Waals surface area contributed by atoms with Gasteiger partial charge in [0, 0.05) is 17.5 Å². The molecule has 112 valence electrons. The molecule has 1 aromatic rings. The highest BCUT2D eigenvalue weighted by molar-refractivity contribution is 5.84. The van der Waals surface area contributed by atoms with Gasteiger partial charge in [0.05, 0.1) is 6.04 Å². The third kappa shape index (κ3) is 3.04. The van der Waals surface area contributed by atoms with Gasteiger partial charge in [-0.25, -0.2) is 0 Å². The number of carbonyl (C=O) groups excluding carboxylic acids is 1. The summed E-state index contributed by atoms with van der Waals surface area (Å²) in [4.78, 5) is 27.4. The van der Waals surface area contributed by atoms with Crippen LogP contribution >= 0.6 is 0 Å². The number of pyridine rings is 1. The molecular formula is C15H19N3O3. The van der Waals surface area contributed by atoms with Gasteiger partial charge in [-0.15, -0.1) is 0 Å².